The molecular weight excluding hydrogens is 463 g/mol. The number of carbonyl (C=O) groups excluding carboxylic acids is 2. The van der Waals surface area contributed by atoms with Crippen molar-refractivity contribution in [3.8, 4) is 0 Å². The second-order valence-electron chi connectivity index (χ2n) is 7.98. The zero-order chi connectivity index (χ0) is 23.7. The van der Waals surface area contributed by atoms with Gasteiger partial charge in [0.1, 0.15) is 6.04 Å². The maximum Gasteiger partial charge on any atom is 0.243 e. The van der Waals surface area contributed by atoms with E-state index in [9.17, 15) is 9.59 Å². The van der Waals surface area contributed by atoms with E-state index in [4.69, 9.17) is 23.2 Å². The minimum Gasteiger partial charge on any atom is -0.352 e. The lowest BCUT2D eigenvalue weighted by molar-refractivity contribution is -0.139. The first-order chi connectivity index (χ1) is 15.2. The third-order valence-electron chi connectivity index (χ3n) is 5.32. The maximum atomic E-state index is 13.3. The van der Waals surface area contributed by atoms with E-state index in [0.717, 1.165) is 17.7 Å². The summed E-state index contributed by atoms with van der Waals surface area (Å²) in [6.45, 7) is 8.21. The van der Waals surface area contributed by atoms with Gasteiger partial charge in [-0.25, -0.2) is 0 Å². The van der Waals surface area contributed by atoms with Gasteiger partial charge in [-0.05, 0) is 49.9 Å². The van der Waals surface area contributed by atoms with Gasteiger partial charge in [0.05, 0.1) is 5.75 Å². The second kappa shape index (κ2) is 13.1. The Morgan fingerprint density at radius 3 is 2.47 bits per heavy atom. The van der Waals surface area contributed by atoms with Crippen molar-refractivity contribution in [3.05, 3.63) is 69.2 Å². The first kappa shape index (κ1) is 26.6. The van der Waals surface area contributed by atoms with Crippen molar-refractivity contribution in [3.63, 3.8) is 0 Å². The van der Waals surface area contributed by atoms with Crippen molar-refractivity contribution >= 4 is 46.8 Å². The fraction of sp³-hybridized carbons (Fsp3) is 0.440. The van der Waals surface area contributed by atoms with Crippen LogP contribution < -0.4 is 5.32 Å². The van der Waals surface area contributed by atoms with Crippen LogP contribution >= 0.6 is 35.0 Å². The lowest BCUT2D eigenvalue weighted by Gasteiger charge is -2.31. The smallest absolute Gasteiger partial charge is 0.243 e. The monoisotopic (exact) mass is 494 g/mol. The van der Waals surface area contributed by atoms with Crippen LogP contribution in [-0.2, 0) is 21.9 Å². The van der Waals surface area contributed by atoms with Crippen LogP contribution in [0.3, 0.4) is 0 Å². The Labute approximate surface area is 206 Å². The molecule has 0 fully saturated rings. The molecule has 0 radical (unpaired) electrons. The molecule has 0 spiro atoms. The molecule has 7 heteroatoms. The fourth-order valence-electron chi connectivity index (χ4n) is 3.34. The van der Waals surface area contributed by atoms with Gasteiger partial charge in [-0.3, -0.25) is 9.59 Å². The van der Waals surface area contributed by atoms with Gasteiger partial charge in [0, 0.05) is 28.4 Å². The molecule has 1 N–H and O–H groups in total. The largest absolute Gasteiger partial charge is 0.352 e. The minimum absolute atomic E-state index is 0.0447. The van der Waals surface area contributed by atoms with Crippen LogP contribution in [0.4, 0.5) is 0 Å². The molecule has 4 nitrogen and oxygen atoms in total. The number of aryl methyl sites for hydroxylation is 1. The van der Waals surface area contributed by atoms with E-state index in [-0.39, 0.29) is 30.2 Å². The standard InChI is InChI=1S/C25H32Cl2N2O2S/c1-5-18(4)28-25(31)23(6-2)29(14-20-10-11-21(26)13-22(20)27)24(30)16-32-15-19-9-7-8-17(3)12-19/h7-13,18,23H,5-6,14-16H2,1-4H3,(H,28,31). The van der Waals surface area contributed by atoms with Crippen LogP contribution in [0.5, 0.6) is 0 Å². The van der Waals surface area contributed by atoms with Gasteiger partial charge in [-0.1, -0.05) is 72.9 Å². The number of benzene rings is 2. The molecule has 0 aliphatic carbocycles. The third-order valence-corrected chi connectivity index (χ3v) is 6.89. The number of nitrogens with one attached hydrogen (secondary N) is 1. The highest BCUT2D eigenvalue weighted by Gasteiger charge is 2.29. The van der Waals surface area contributed by atoms with Gasteiger partial charge >= 0.3 is 0 Å². The summed E-state index contributed by atoms with van der Waals surface area (Å²) in [5.74, 6) is 0.800. The molecule has 2 aromatic carbocycles. The van der Waals surface area contributed by atoms with Crippen LogP contribution in [0.2, 0.25) is 10.0 Å². The van der Waals surface area contributed by atoms with Crippen molar-refractivity contribution in [1.82, 2.24) is 10.2 Å². The number of hydrogen-bond donors (Lipinski definition) is 1. The maximum absolute atomic E-state index is 13.3. The van der Waals surface area contributed by atoms with Gasteiger partial charge in [0.25, 0.3) is 0 Å². The van der Waals surface area contributed by atoms with E-state index in [1.54, 1.807) is 28.8 Å². The summed E-state index contributed by atoms with van der Waals surface area (Å²) in [5.41, 5.74) is 3.14. The third kappa shape index (κ3) is 8.02. The van der Waals surface area contributed by atoms with Crippen LogP contribution in [0.15, 0.2) is 42.5 Å². The molecule has 0 saturated heterocycles. The SMILES string of the molecule is CCC(C)NC(=O)C(CC)N(Cc1ccc(Cl)cc1Cl)C(=O)CSCc1cccc(C)c1. The predicted molar refractivity (Wildman–Crippen MR) is 136 cm³/mol. The van der Waals surface area contributed by atoms with Crippen molar-refractivity contribution in [2.24, 2.45) is 0 Å². The fourth-order valence-corrected chi connectivity index (χ4v) is 4.66. The summed E-state index contributed by atoms with van der Waals surface area (Å²) in [7, 11) is 0. The number of thioether (sulfide) groups is 1. The summed E-state index contributed by atoms with van der Waals surface area (Å²) in [6, 6.07) is 13.0. The Kier molecular flexibility index (Phi) is 10.9. The Hall–Kier alpha value is -1.69. The molecule has 0 bridgehead atoms. The topological polar surface area (TPSA) is 49.4 Å². The molecule has 0 aliphatic heterocycles. The lowest BCUT2D eigenvalue weighted by Crippen LogP contribution is -2.51. The molecule has 2 amide bonds. The number of rotatable bonds is 11. The van der Waals surface area contributed by atoms with Gasteiger partial charge in [0.2, 0.25) is 11.8 Å². The number of hydrogen-bond acceptors (Lipinski definition) is 3. The average Bonchev–Trinajstić information content (AvgIpc) is 2.74. The lowest BCUT2D eigenvalue weighted by atomic mass is 10.1. The van der Waals surface area contributed by atoms with Crippen molar-refractivity contribution < 1.29 is 9.59 Å². The molecule has 174 valence electrons. The highest BCUT2D eigenvalue weighted by molar-refractivity contribution is 7.99. The van der Waals surface area contributed by atoms with E-state index in [1.165, 1.54) is 11.1 Å². The molecule has 0 heterocycles. The summed E-state index contributed by atoms with van der Waals surface area (Å²) in [4.78, 5) is 27.9. The van der Waals surface area contributed by atoms with Crippen molar-refractivity contribution in [2.75, 3.05) is 5.75 Å². The highest BCUT2D eigenvalue weighted by atomic mass is 35.5. The van der Waals surface area contributed by atoms with E-state index in [1.807, 2.05) is 32.9 Å². The van der Waals surface area contributed by atoms with Crippen LogP contribution in [0.25, 0.3) is 0 Å². The predicted octanol–water partition coefficient (Wildman–Crippen LogP) is 6.26. The summed E-state index contributed by atoms with van der Waals surface area (Å²) in [6.07, 6.45) is 1.34. The molecule has 2 atom stereocenters. The van der Waals surface area contributed by atoms with Crippen LogP contribution in [0, 0.1) is 6.92 Å². The first-order valence-electron chi connectivity index (χ1n) is 10.9. The molecule has 32 heavy (non-hydrogen) atoms. The molecule has 0 saturated carbocycles. The van der Waals surface area contributed by atoms with Gasteiger partial charge in [-0.15, -0.1) is 11.8 Å². The number of amides is 2. The summed E-state index contributed by atoms with van der Waals surface area (Å²) >= 11 is 14.0. The first-order valence-corrected chi connectivity index (χ1v) is 12.8. The summed E-state index contributed by atoms with van der Waals surface area (Å²) < 4.78 is 0. The van der Waals surface area contributed by atoms with Gasteiger partial charge in [0.15, 0.2) is 0 Å². The Balaban J connectivity index is 2.18. The van der Waals surface area contributed by atoms with Crippen molar-refractivity contribution in [1.29, 1.82) is 0 Å². The van der Waals surface area contributed by atoms with E-state index >= 15 is 0 Å². The zero-order valence-corrected chi connectivity index (χ0v) is 21.5. The quantitative estimate of drug-likeness (QED) is 0.401. The number of halogens is 2. The molecule has 0 aromatic heterocycles. The Morgan fingerprint density at radius 1 is 1.09 bits per heavy atom. The zero-order valence-electron chi connectivity index (χ0n) is 19.2. The normalized spacial score (nSPS) is 12.8. The minimum atomic E-state index is -0.567. The van der Waals surface area contributed by atoms with Crippen LogP contribution in [0.1, 0.15) is 50.3 Å². The molecule has 2 unspecified atom stereocenters. The van der Waals surface area contributed by atoms with E-state index in [2.05, 4.69) is 30.4 Å². The highest BCUT2D eigenvalue weighted by Crippen LogP contribution is 2.24. The Bertz CT molecular complexity index is 923. The van der Waals surface area contributed by atoms with Gasteiger partial charge < -0.3 is 10.2 Å². The summed E-state index contributed by atoms with van der Waals surface area (Å²) in [5, 5.41) is 4.04. The molecular formula is C25H32Cl2N2O2S. The molecule has 2 rings (SSSR count). The number of nitrogens with zero attached hydrogens (tertiary/aromatic N) is 1. The van der Waals surface area contributed by atoms with E-state index in [0.29, 0.717) is 16.5 Å². The van der Waals surface area contributed by atoms with E-state index < -0.39 is 6.04 Å². The average molecular weight is 496 g/mol. The molecule has 0 aliphatic rings. The van der Waals surface area contributed by atoms with Crippen molar-refractivity contribution in [2.45, 2.75) is 64.9 Å². The molecule has 2 aromatic rings. The number of carbonyl (C=O) groups is 2. The Morgan fingerprint density at radius 2 is 1.84 bits per heavy atom. The van der Waals surface area contributed by atoms with Crippen LogP contribution in [-0.4, -0.2) is 34.6 Å². The second-order valence-corrected chi connectivity index (χ2v) is 9.81. The van der Waals surface area contributed by atoms with Gasteiger partial charge in [-0.2, -0.15) is 0 Å².